The van der Waals surface area contributed by atoms with Crippen molar-refractivity contribution in [2.45, 2.75) is 20.8 Å². The summed E-state index contributed by atoms with van der Waals surface area (Å²) >= 11 is 0. The van der Waals surface area contributed by atoms with Crippen molar-refractivity contribution in [3.05, 3.63) is 58.7 Å². The maximum Gasteiger partial charge on any atom is 0.338 e. The number of anilines is 1. The number of hydrogen-bond acceptors (Lipinski definition) is 5. The molecule has 0 saturated heterocycles. The first-order chi connectivity index (χ1) is 13.3. The summed E-state index contributed by atoms with van der Waals surface area (Å²) in [6.07, 6.45) is 0. The zero-order valence-corrected chi connectivity index (χ0v) is 16.4. The predicted octanol–water partition coefficient (Wildman–Crippen LogP) is 2.53. The second-order valence-electron chi connectivity index (χ2n) is 6.41. The van der Waals surface area contributed by atoms with Gasteiger partial charge in [-0.1, -0.05) is 23.8 Å². The maximum absolute atomic E-state index is 12.1. The second kappa shape index (κ2) is 9.55. The van der Waals surface area contributed by atoms with Crippen molar-refractivity contribution in [1.29, 1.82) is 0 Å². The maximum atomic E-state index is 12.1. The molecule has 148 valence electrons. The minimum Gasteiger partial charge on any atom is -0.497 e. The van der Waals surface area contributed by atoms with Crippen molar-refractivity contribution in [2.24, 2.45) is 0 Å². The SMILES string of the molecule is COc1cccc(C(=O)OCC(=O)NCC(=O)Nc2c(C)cc(C)cc2C)c1. The molecule has 0 atom stereocenters. The first kappa shape index (κ1) is 21.0. The number of nitrogens with one attached hydrogen (secondary N) is 2. The fourth-order valence-corrected chi connectivity index (χ4v) is 2.76. The van der Waals surface area contributed by atoms with E-state index in [-0.39, 0.29) is 18.0 Å². The fourth-order valence-electron chi connectivity index (χ4n) is 2.76. The Bertz CT molecular complexity index is 869. The van der Waals surface area contributed by atoms with Gasteiger partial charge in [0.2, 0.25) is 5.91 Å². The third-order valence-corrected chi connectivity index (χ3v) is 4.03. The molecule has 0 unspecified atom stereocenters. The van der Waals surface area contributed by atoms with E-state index in [1.54, 1.807) is 18.2 Å². The highest BCUT2D eigenvalue weighted by Gasteiger charge is 2.13. The summed E-state index contributed by atoms with van der Waals surface area (Å²) in [5.74, 6) is -1.06. The minimum absolute atomic E-state index is 0.220. The number of carbonyl (C=O) groups is 3. The number of hydrogen-bond donors (Lipinski definition) is 2. The molecule has 0 fully saturated rings. The third-order valence-electron chi connectivity index (χ3n) is 4.03. The highest BCUT2D eigenvalue weighted by Crippen LogP contribution is 2.21. The number of amides is 2. The van der Waals surface area contributed by atoms with Crippen LogP contribution < -0.4 is 15.4 Å². The molecule has 7 heteroatoms. The van der Waals surface area contributed by atoms with Gasteiger partial charge in [0.05, 0.1) is 19.2 Å². The summed E-state index contributed by atoms with van der Waals surface area (Å²) in [5.41, 5.74) is 4.01. The average molecular weight is 384 g/mol. The molecule has 2 rings (SSSR count). The van der Waals surface area contributed by atoms with Crippen LogP contribution in [0.25, 0.3) is 0 Å². The van der Waals surface area contributed by atoms with E-state index < -0.39 is 18.5 Å². The molecule has 0 heterocycles. The van der Waals surface area contributed by atoms with Gasteiger partial charge in [-0.25, -0.2) is 4.79 Å². The molecule has 0 aliphatic heterocycles. The van der Waals surface area contributed by atoms with E-state index in [9.17, 15) is 14.4 Å². The summed E-state index contributed by atoms with van der Waals surface area (Å²) < 4.78 is 9.99. The van der Waals surface area contributed by atoms with Gasteiger partial charge in [0.15, 0.2) is 6.61 Å². The van der Waals surface area contributed by atoms with Crippen molar-refractivity contribution in [1.82, 2.24) is 5.32 Å². The van der Waals surface area contributed by atoms with Crippen LogP contribution in [-0.4, -0.2) is 38.0 Å². The molecule has 0 bridgehead atoms. The molecule has 2 aromatic rings. The van der Waals surface area contributed by atoms with Crippen molar-refractivity contribution in [3.8, 4) is 5.75 Å². The summed E-state index contributed by atoms with van der Waals surface area (Å²) in [6, 6.07) is 10.4. The Morgan fingerprint density at radius 2 is 1.64 bits per heavy atom. The van der Waals surface area contributed by atoms with E-state index in [4.69, 9.17) is 9.47 Å². The van der Waals surface area contributed by atoms with E-state index in [0.29, 0.717) is 5.75 Å². The lowest BCUT2D eigenvalue weighted by Gasteiger charge is -2.13. The van der Waals surface area contributed by atoms with Crippen LogP contribution in [0.5, 0.6) is 5.75 Å². The number of carbonyl (C=O) groups excluding carboxylic acids is 3. The quantitative estimate of drug-likeness (QED) is 0.716. The number of aryl methyl sites for hydroxylation is 3. The van der Waals surface area contributed by atoms with Gasteiger partial charge >= 0.3 is 5.97 Å². The lowest BCUT2D eigenvalue weighted by molar-refractivity contribution is -0.126. The highest BCUT2D eigenvalue weighted by molar-refractivity contribution is 5.96. The van der Waals surface area contributed by atoms with E-state index in [1.807, 2.05) is 32.9 Å². The van der Waals surface area contributed by atoms with Crippen LogP contribution in [-0.2, 0) is 14.3 Å². The molecule has 7 nitrogen and oxygen atoms in total. The number of benzene rings is 2. The molecule has 0 aliphatic carbocycles. The Balaban J connectivity index is 1.80. The molecule has 2 N–H and O–H groups in total. The number of rotatable bonds is 7. The van der Waals surface area contributed by atoms with Crippen molar-refractivity contribution < 1.29 is 23.9 Å². The van der Waals surface area contributed by atoms with Crippen LogP contribution in [0.15, 0.2) is 36.4 Å². The smallest absolute Gasteiger partial charge is 0.338 e. The molecule has 0 aromatic heterocycles. The van der Waals surface area contributed by atoms with Gasteiger partial charge in [-0.05, 0) is 50.1 Å². The summed E-state index contributed by atoms with van der Waals surface area (Å²) in [4.78, 5) is 35.9. The number of ether oxygens (including phenoxy) is 2. The standard InChI is InChI=1S/C21H24N2O5/c1-13-8-14(2)20(15(3)9-13)23-18(24)11-22-19(25)12-28-21(26)16-6-5-7-17(10-16)27-4/h5-10H,11-12H2,1-4H3,(H,22,25)(H,23,24). The Morgan fingerprint density at radius 3 is 2.29 bits per heavy atom. The number of esters is 1. The topological polar surface area (TPSA) is 93.7 Å². The molecule has 0 radical (unpaired) electrons. The molecule has 0 spiro atoms. The van der Waals surface area contributed by atoms with Gasteiger partial charge in [-0.3, -0.25) is 9.59 Å². The lowest BCUT2D eigenvalue weighted by atomic mass is 10.1. The number of methoxy groups -OCH3 is 1. The van der Waals surface area contributed by atoms with Gasteiger partial charge in [-0.2, -0.15) is 0 Å². The summed E-state index contributed by atoms with van der Waals surface area (Å²) in [6.45, 7) is 5.10. The predicted molar refractivity (Wildman–Crippen MR) is 106 cm³/mol. The normalized spacial score (nSPS) is 10.1. The summed E-state index contributed by atoms with van der Waals surface area (Å²) in [5, 5.41) is 5.22. The Hall–Kier alpha value is -3.35. The molecule has 0 saturated carbocycles. The van der Waals surface area contributed by atoms with Crippen LogP contribution in [0.3, 0.4) is 0 Å². The molecular formula is C21H24N2O5. The molecule has 0 aliphatic rings. The van der Waals surface area contributed by atoms with Gasteiger partial charge < -0.3 is 20.1 Å². The fraction of sp³-hybridized carbons (Fsp3) is 0.286. The van der Waals surface area contributed by atoms with Crippen LogP contribution in [0.2, 0.25) is 0 Å². The average Bonchev–Trinajstić information content (AvgIpc) is 2.67. The summed E-state index contributed by atoms with van der Waals surface area (Å²) in [7, 11) is 1.49. The van der Waals surface area contributed by atoms with E-state index in [1.165, 1.54) is 13.2 Å². The molecular weight excluding hydrogens is 360 g/mol. The van der Waals surface area contributed by atoms with Gasteiger partial charge in [-0.15, -0.1) is 0 Å². The third kappa shape index (κ3) is 5.84. The Labute approximate surface area is 164 Å². The van der Waals surface area contributed by atoms with Gasteiger partial charge in [0.1, 0.15) is 5.75 Å². The van der Waals surface area contributed by atoms with Crippen LogP contribution in [0, 0.1) is 20.8 Å². The Morgan fingerprint density at radius 1 is 0.964 bits per heavy atom. The van der Waals surface area contributed by atoms with Crippen molar-refractivity contribution >= 4 is 23.5 Å². The van der Waals surface area contributed by atoms with Gasteiger partial charge in [0, 0.05) is 5.69 Å². The minimum atomic E-state index is -0.649. The molecule has 28 heavy (non-hydrogen) atoms. The lowest BCUT2D eigenvalue weighted by Crippen LogP contribution is -2.35. The van der Waals surface area contributed by atoms with Gasteiger partial charge in [0.25, 0.3) is 5.91 Å². The highest BCUT2D eigenvalue weighted by atomic mass is 16.5. The van der Waals surface area contributed by atoms with Crippen LogP contribution in [0.1, 0.15) is 27.0 Å². The van der Waals surface area contributed by atoms with Crippen molar-refractivity contribution in [2.75, 3.05) is 25.6 Å². The van der Waals surface area contributed by atoms with E-state index >= 15 is 0 Å². The zero-order chi connectivity index (χ0) is 20.7. The van der Waals surface area contributed by atoms with Crippen LogP contribution >= 0.6 is 0 Å². The van der Waals surface area contributed by atoms with E-state index in [2.05, 4.69) is 10.6 Å². The van der Waals surface area contributed by atoms with Crippen molar-refractivity contribution in [3.63, 3.8) is 0 Å². The zero-order valence-electron chi connectivity index (χ0n) is 16.4. The largest absolute Gasteiger partial charge is 0.497 e. The van der Waals surface area contributed by atoms with E-state index in [0.717, 1.165) is 22.4 Å². The Kier molecular flexibility index (Phi) is 7.14. The molecule has 2 amide bonds. The second-order valence-corrected chi connectivity index (χ2v) is 6.41. The first-order valence-electron chi connectivity index (χ1n) is 8.75. The first-order valence-corrected chi connectivity index (χ1v) is 8.75. The van der Waals surface area contributed by atoms with Crippen LogP contribution in [0.4, 0.5) is 5.69 Å². The monoisotopic (exact) mass is 384 g/mol. The molecule has 2 aromatic carbocycles.